The maximum Gasteiger partial charge on any atom is 0.236 e. The number of carbonyl (C=O) groups excluding carboxylic acids is 1. The molecule has 7 heteroatoms. The molecule has 1 amide bonds. The van der Waals surface area contributed by atoms with Crippen LogP contribution in [0.1, 0.15) is 0 Å². The number of nitrogens with one attached hydrogen (secondary N) is 2. The number of piperazine rings is 1. The van der Waals surface area contributed by atoms with Gasteiger partial charge >= 0.3 is 0 Å². The maximum absolute atomic E-state index is 11.2. The molecule has 0 aromatic rings. The van der Waals surface area contributed by atoms with Gasteiger partial charge in [0, 0.05) is 20.1 Å². The van der Waals surface area contributed by atoms with Gasteiger partial charge in [0.1, 0.15) is 0 Å². The van der Waals surface area contributed by atoms with E-state index in [-0.39, 0.29) is 18.5 Å². The molecule has 0 saturated carbocycles. The smallest absolute Gasteiger partial charge is 0.236 e. The number of carbonyl (C=O) groups is 1. The van der Waals surface area contributed by atoms with E-state index in [2.05, 4.69) is 10.0 Å². The quantitative estimate of drug-likeness (QED) is 0.576. The summed E-state index contributed by atoms with van der Waals surface area (Å²) in [5.41, 5.74) is 0. The molecule has 1 aliphatic heterocycles. The van der Waals surface area contributed by atoms with Crippen molar-refractivity contribution in [3.05, 3.63) is 0 Å². The Balaban J connectivity index is 2.48. The first-order valence-corrected chi connectivity index (χ1v) is 6.20. The van der Waals surface area contributed by atoms with Gasteiger partial charge in [0.15, 0.2) is 0 Å². The van der Waals surface area contributed by atoms with E-state index >= 15 is 0 Å². The number of sulfonamides is 1. The second kappa shape index (κ2) is 4.24. The van der Waals surface area contributed by atoms with E-state index in [1.165, 1.54) is 0 Å². The standard InChI is InChI=1S/C7H15N3O3S/c1-10-6(3-8-5-7(10)11)4-9-14(2,12)13/h6,8-9H,3-5H2,1-2H3/t6-/m0/s1. The fraction of sp³-hybridized carbons (Fsp3) is 0.857. The summed E-state index contributed by atoms with van der Waals surface area (Å²) in [6, 6.07) is -0.106. The molecule has 0 bridgehead atoms. The van der Waals surface area contributed by atoms with Crippen LogP contribution in [-0.4, -0.2) is 58.2 Å². The van der Waals surface area contributed by atoms with Gasteiger partial charge < -0.3 is 10.2 Å². The molecule has 1 rings (SSSR count). The second-order valence-electron chi connectivity index (χ2n) is 3.41. The van der Waals surface area contributed by atoms with Crippen molar-refractivity contribution in [2.45, 2.75) is 6.04 Å². The minimum absolute atomic E-state index is 0.0171. The van der Waals surface area contributed by atoms with Gasteiger partial charge in [0.25, 0.3) is 0 Å². The highest BCUT2D eigenvalue weighted by molar-refractivity contribution is 7.88. The summed E-state index contributed by atoms with van der Waals surface area (Å²) in [7, 11) is -1.50. The second-order valence-corrected chi connectivity index (χ2v) is 5.24. The van der Waals surface area contributed by atoms with Crippen LogP contribution in [0.3, 0.4) is 0 Å². The molecule has 14 heavy (non-hydrogen) atoms. The van der Waals surface area contributed by atoms with E-state index in [9.17, 15) is 13.2 Å². The van der Waals surface area contributed by atoms with Crippen LogP contribution in [-0.2, 0) is 14.8 Å². The monoisotopic (exact) mass is 221 g/mol. The highest BCUT2D eigenvalue weighted by Gasteiger charge is 2.24. The predicted molar refractivity (Wildman–Crippen MR) is 52.3 cm³/mol. The molecule has 1 saturated heterocycles. The Labute approximate surface area is 83.7 Å². The molecule has 0 aromatic heterocycles. The summed E-state index contributed by atoms with van der Waals surface area (Å²) in [4.78, 5) is 12.8. The first-order valence-electron chi connectivity index (χ1n) is 4.31. The molecule has 0 aromatic carbocycles. The third-order valence-corrected chi connectivity index (χ3v) is 2.87. The van der Waals surface area contributed by atoms with Crippen LogP contribution in [0, 0.1) is 0 Å². The van der Waals surface area contributed by atoms with E-state index in [1.54, 1.807) is 11.9 Å². The molecule has 6 nitrogen and oxygen atoms in total. The molecule has 0 unspecified atom stereocenters. The molecule has 2 N–H and O–H groups in total. The highest BCUT2D eigenvalue weighted by atomic mass is 32.2. The van der Waals surface area contributed by atoms with Crippen molar-refractivity contribution in [3.8, 4) is 0 Å². The van der Waals surface area contributed by atoms with Crippen molar-refractivity contribution in [2.75, 3.05) is 32.9 Å². The largest absolute Gasteiger partial charge is 0.339 e. The van der Waals surface area contributed by atoms with Gasteiger partial charge in [0.05, 0.1) is 18.8 Å². The van der Waals surface area contributed by atoms with Crippen molar-refractivity contribution in [2.24, 2.45) is 0 Å². The molecule has 0 aliphatic carbocycles. The van der Waals surface area contributed by atoms with E-state index in [1.807, 2.05) is 0 Å². The third kappa shape index (κ3) is 3.24. The summed E-state index contributed by atoms with van der Waals surface area (Å²) in [5.74, 6) is -0.0171. The zero-order chi connectivity index (χ0) is 10.8. The summed E-state index contributed by atoms with van der Waals surface area (Å²) in [5, 5.41) is 2.93. The highest BCUT2D eigenvalue weighted by Crippen LogP contribution is 2.00. The minimum Gasteiger partial charge on any atom is -0.339 e. The molecular weight excluding hydrogens is 206 g/mol. The lowest BCUT2D eigenvalue weighted by Gasteiger charge is -2.32. The Morgan fingerprint density at radius 3 is 2.86 bits per heavy atom. The zero-order valence-electron chi connectivity index (χ0n) is 8.28. The molecule has 1 fully saturated rings. The van der Waals surface area contributed by atoms with Crippen LogP contribution in [0.2, 0.25) is 0 Å². The topological polar surface area (TPSA) is 78.5 Å². The SMILES string of the molecule is CN1C(=O)CNC[C@H]1CNS(C)(=O)=O. The van der Waals surface area contributed by atoms with Crippen LogP contribution in [0.25, 0.3) is 0 Å². The molecule has 1 aliphatic rings. The first kappa shape index (κ1) is 11.4. The van der Waals surface area contributed by atoms with Crippen molar-refractivity contribution in [3.63, 3.8) is 0 Å². The molecule has 1 heterocycles. The van der Waals surface area contributed by atoms with E-state index in [4.69, 9.17) is 0 Å². The summed E-state index contributed by atoms with van der Waals surface area (Å²) >= 11 is 0. The number of rotatable bonds is 3. The van der Waals surface area contributed by atoms with Gasteiger partial charge in [-0.05, 0) is 0 Å². The van der Waals surface area contributed by atoms with Gasteiger partial charge in [0.2, 0.25) is 15.9 Å². The number of likely N-dealkylation sites (N-methyl/N-ethyl adjacent to an activating group) is 1. The van der Waals surface area contributed by atoms with Crippen molar-refractivity contribution < 1.29 is 13.2 Å². The average Bonchev–Trinajstić information content (AvgIpc) is 2.06. The lowest BCUT2D eigenvalue weighted by Crippen LogP contribution is -2.56. The third-order valence-electron chi connectivity index (χ3n) is 2.18. The Morgan fingerprint density at radius 1 is 1.64 bits per heavy atom. The summed E-state index contributed by atoms with van der Waals surface area (Å²) in [6.07, 6.45) is 1.10. The van der Waals surface area contributed by atoms with Crippen LogP contribution in [0.5, 0.6) is 0 Å². The number of hydrogen-bond acceptors (Lipinski definition) is 4. The Kier molecular flexibility index (Phi) is 3.46. The fourth-order valence-corrected chi connectivity index (χ4v) is 1.76. The van der Waals surface area contributed by atoms with E-state index in [0.29, 0.717) is 13.1 Å². The van der Waals surface area contributed by atoms with E-state index < -0.39 is 10.0 Å². The van der Waals surface area contributed by atoms with Crippen molar-refractivity contribution in [1.29, 1.82) is 0 Å². The average molecular weight is 221 g/mol. The van der Waals surface area contributed by atoms with Crippen molar-refractivity contribution >= 4 is 15.9 Å². The van der Waals surface area contributed by atoms with Crippen LogP contribution in [0.15, 0.2) is 0 Å². The molecule has 0 radical (unpaired) electrons. The minimum atomic E-state index is -3.18. The van der Waals surface area contributed by atoms with Crippen molar-refractivity contribution in [1.82, 2.24) is 14.9 Å². The van der Waals surface area contributed by atoms with Crippen LogP contribution < -0.4 is 10.0 Å². The zero-order valence-corrected chi connectivity index (χ0v) is 9.10. The summed E-state index contributed by atoms with van der Waals surface area (Å²) in [6.45, 7) is 1.20. The Morgan fingerprint density at radius 2 is 2.29 bits per heavy atom. The maximum atomic E-state index is 11.2. The van der Waals surface area contributed by atoms with Gasteiger partial charge in [-0.1, -0.05) is 0 Å². The molecule has 0 spiro atoms. The van der Waals surface area contributed by atoms with Gasteiger partial charge in [-0.15, -0.1) is 0 Å². The Bertz CT molecular complexity index is 314. The van der Waals surface area contributed by atoms with Crippen LogP contribution in [0.4, 0.5) is 0 Å². The predicted octanol–water partition coefficient (Wildman–Crippen LogP) is -2.03. The number of amides is 1. The van der Waals surface area contributed by atoms with Gasteiger partial charge in [-0.2, -0.15) is 0 Å². The van der Waals surface area contributed by atoms with Gasteiger partial charge in [-0.25, -0.2) is 13.1 Å². The first-order chi connectivity index (χ1) is 6.40. The lowest BCUT2D eigenvalue weighted by molar-refractivity contribution is -0.132. The normalized spacial score (nSPS) is 24.0. The van der Waals surface area contributed by atoms with Crippen LogP contribution >= 0.6 is 0 Å². The fourth-order valence-electron chi connectivity index (χ4n) is 1.27. The number of nitrogens with zero attached hydrogens (tertiary/aromatic N) is 1. The molecule has 82 valence electrons. The van der Waals surface area contributed by atoms with Gasteiger partial charge in [-0.3, -0.25) is 4.79 Å². The molecular formula is C7H15N3O3S. The van der Waals surface area contributed by atoms with E-state index in [0.717, 1.165) is 6.26 Å². The molecule has 1 atom stereocenters. The summed E-state index contributed by atoms with van der Waals surface area (Å²) < 4.78 is 24.0. The lowest BCUT2D eigenvalue weighted by atomic mass is 10.2. The number of hydrogen-bond donors (Lipinski definition) is 2. The Hall–Kier alpha value is -0.660.